The van der Waals surface area contributed by atoms with Gasteiger partial charge in [0.25, 0.3) is 0 Å². The number of hydrogen-bond donors (Lipinski definition) is 1. The molecule has 3 heteroatoms. The van der Waals surface area contributed by atoms with E-state index in [-0.39, 0.29) is 6.04 Å². The predicted molar refractivity (Wildman–Crippen MR) is 68.2 cm³/mol. The molecule has 0 aliphatic rings. The molecule has 0 amide bonds. The molecule has 1 heterocycles. The Morgan fingerprint density at radius 3 is 2.40 bits per heavy atom. The first kappa shape index (κ1) is 12.7. The molecule has 0 radical (unpaired) electrons. The second-order valence-electron chi connectivity index (χ2n) is 4.24. The van der Waals surface area contributed by atoms with Crippen LogP contribution in [0.25, 0.3) is 0 Å². The van der Waals surface area contributed by atoms with Crippen molar-refractivity contribution in [3.63, 3.8) is 0 Å². The maximum Gasteiger partial charge on any atom is 0.0592 e. The van der Waals surface area contributed by atoms with Crippen molar-refractivity contribution in [2.45, 2.75) is 45.8 Å². The van der Waals surface area contributed by atoms with E-state index in [9.17, 15) is 0 Å². The summed E-state index contributed by atoms with van der Waals surface area (Å²) in [7, 11) is 0. The summed E-state index contributed by atoms with van der Waals surface area (Å²) in [5.74, 6) is 0. The molecule has 1 aromatic heterocycles. The molecule has 1 rings (SSSR count). The Hall–Kier alpha value is -0.380. The molecule has 1 aromatic rings. The lowest BCUT2D eigenvalue weighted by molar-refractivity contribution is 0.147. The predicted octanol–water partition coefficient (Wildman–Crippen LogP) is 2.87. The molecule has 0 saturated heterocycles. The van der Waals surface area contributed by atoms with Gasteiger partial charge >= 0.3 is 0 Å². The number of hydrogen-bond acceptors (Lipinski definition) is 3. The van der Waals surface area contributed by atoms with E-state index in [2.05, 4.69) is 50.1 Å². The zero-order chi connectivity index (χ0) is 11.4. The molecule has 86 valence electrons. The summed E-state index contributed by atoms with van der Waals surface area (Å²) in [5.41, 5.74) is 6.11. The summed E-state index contributed by atoms with van der Waals surface area (Å²) in [5, 5.41) is 2.12. The topological polar surface area (TPSA) is 29.3 Å². The van der Waals surface area contributed by atoms with Crippen molar-refractivity contribution in [1.29, 1.82) is 0 Å². The Balaban J connectivity index is 2.91. The third kappa shape index (κ3) is 3.03. The fourth-order valence-corrected chi connectivity index (χ4v) is 3.03. The fraction of sp³-hybridized carbons (Fsp3) is 0.667. The Morgan fingerprint density at radius 1 is 1.40 bits per heavy atom. The maximum atomic E-state index is 6.11. The van der Waals surface area contributed by atoms with Gasteiger partial charge in [-0.1, -0.05) is 13.0 Å². The number of rotatable bonds is 5. The Bertz CT molecular complexity index is 267. The van der Waals surface area contributed by atoms with Crippen LogP contribution in [0.5, 0.6) is 0 Å². The highest BCUT2D eigenvalue weighted by Crippen LogP contribution is 2.28. The maximum absolute atomic E-state index is 6.11. The Labute approximate surface area is 97.1 Å². The van der Waals surface area contributed by atoms with Crippen molar-refractivity contribution >= 4 is 11.3 Å². The van der Waals surface area contributed by atoms with Gasteiger partial charge in [0.1, 0.15) is 0 Å². The van der Waals surface area contributed by atoms with Gasteiger partial charge in [0.05, 0.1) is 6.04 Å². The van der Waals surface area contributed by atoms with Gasteiger partial charge in [-0.3, -0.25) is 4.90 Å². The van der Waals surface area contributed by atoms with E-state index in [1.54, 1.807) is 11.3 Å². The normalized spacial score (nSPS) is 15.9. The number of thiophene rings is 1. The highest BCUT2D eigenvalue weighted by Gasteiger charge is 2.25. The van der Waals surface area contributed by atoms with Gasteiger partial charge in [-0.15, -0.1) is 11.3 Å². The SMILES string of the molecule is CCN(C(C)C)C(c1cccs1)C(C)N. The molecule has 2 atom stereocenters. The molecule has 0 bridgehead atoms. The van der Waals surface area contributed by atoms with Crippen molar-refractivity contribution in [1.82, 2.24) is 4.90 Å². The molecule has 15 heavy (non-hydrogen) atoms. The molecular weight excluding hydrogens is 204 g/mol. The van der Waals surface area contributed by atoms with E-state index in [1.807, 2.05) is 0 Å². The van der Waals surface area contributed by atoms with E-state index in [4.69, 9.17) is 5.73 Å². The zero-order valence-electron chi connectivity index (χ0n) is 10.1. The van der Waals surface area contributed by atoms with Crippen molar-refractivity contribution in [3.05, 3.63) is 22.4 Å². The largest absolute Gasteiger partial charge is 0.326 e. The van der Waals surface area contributed by atoms with E-state index in [1.165, 1.54) is 4.88 Å². The molecule has 2 N–H and O–H groups in total. The van der Waals surface area contributed by atoms with Crippen LogP contribution in [0, 0.1) is 0 Å². The molecule has 0 fully saturated rings. The van der Waals surface area contributed by atoms with E-state index < -0.39 is 0 Å². The first-order chi connectivity index (χ1) is 7.07. The van der Waals surface area contributed by atoms with Crippen LogP contribution in [0.2, 0.25) is 0 Å². The minimum atomic E-state index is 0.172. The molecule has 2 nitrogen and oxygen atoms in total. The zero-order valence-corrected chi connectivity index (χ0v) is 10.9. The lowest BCUT2D eigenvalue weighted by Gasteiger charge is -2.35. The average Bonchev–Trinajstić information content (AvgIpc) is 2.64. The van der Waals surface area contributed by atoms with Crippen LogP contribution in [0.15, 0.2) is 17.5 Å². The molecular formula is C12H22N2S. The first-order valence-electron chi connectivity index (χ1n) is 5.62. The Morgan fingerprint density at radius 2 is 2.07 bits per heavy atom. The lowest BCUT2D eigenvalue weighted by atomic mass is 10.1. The van der Waals surface area contributed by atoms with Crippen molar-refractivity contribution in [3.8, 4) is 0 Å². The number of likely N-dealkylation sites (N-methyl/N-ethyl adjacent to an activating group) is 1. The van der Waals surface area contributed by atoms with Crippen molar-refractivity contribution < 1.29 is 0 Å². The second kappa shape index (κ2) is 5.64. The smallest absolute Gasteiger partial charge is 0.0592 e. The van der Waals surface area contributed by atoms with Crippen LogP contribution in [-0.4, -0.2) is 23.5 Å². The van der Waals surface area contributed by atoms with Crippen LogP contribution in [-0.2, 0) is 0 Å². The van der Waals surface area contributed by atoms with E-state index in [0.29, 0.717) is 12.1 Å². The standard InChI is InChI=1S/C12H22N2S/c1-5-14(9(2)3)12(10(4)13)11-7-6-8-15-11/h6-10,12H,5,13H2,1-4H3. The van der Waals surface area contributed by atoms with E-state index in [0.717, 1.165) is 6.54 Å². The van der Waals surface area contributed by atoms with Gasteiger partial charge in [0.15, 0.2) is 0 Å². The van der Waals surface area contributed by atoms with Gasteiger partial charge < -0.3 is 5.73 Å². The summed E-state index contributed by atoms with van der Waals surface area (Å²) >= 11 is 1.80. The fourth-order valence-electron chi connectivity index (χ4n) is 2.07. The third-order valence-electron chi connectivity index (χ3n) is 2.72. The van der Waals surface area contributed by atoms with Gasteiger partial charge in [-0.2, -0.15) is 0 Å². The van der Waals surface area contributed by atoms with Crippen LogP contribution >= 0.6 is 11.3 Å². The average molecular weight is 226 g/mol. The summed E-state index contributed by atoms with van der Waals surface area (Å²) in [6, 6.07) is 5.35. The molecule has 0 aliphatic heterocycles. The summed E-state index contributed by atoms with van der Waals surface area (Å²) in [4.78, 5) is 3.83. The Kier molecular flexibility index (Phi) is 4.77. The molecule has 0 spiro atoms. The van der Waals surface area contributed by atoms with Crippen molar-refractivity contribution in [2.75, 3.05) is 6.54 Å². The van der Waals surface area contributed by atoms with E-state index >= 15 is 0 Å². The first-order valence-corrected chi connectivity index (χ1v) is 6.50. The number of nitrogens with zero attached hydrogens (tertiary/aromatic N) is 1. The molecule has 2 unspecified atom stereocenters. The lowest BCUT2D eigenvalue weighted by Crippen LogP contribution is -2.42. The monoisotopic (exact) mass is 226 g/mol. The van der Waals surface area contributed by atoms with Crippen LogP contribution in [0.3, 0.4) is 0 Å². The minimum Gasteiger partial charge on any atom is -0.326 e. The molecule has 0 aliphatic carbocycles. The highest BCUT2D eigenvalue weighted by molar-refractivity contribution is 7.10. The third-order valence-corrected chi connectivity index (χ3v) is 3.66. The van der Waals surface area contributed by atoms with Crippen molar-refractivity contribution in [2.24, 2.45) is 5.73 Å². The summed E-state index contributed by atoms with van der Waals surface area (Å²) < 4.78 is 0. The van der Waals surface area contributed by atoms with Gasteiger partial charge in [0.2, 0.25) is 0 Å². The van der Waals surface area contributed by atoms with Gasteiger partial charge in [-0.05, 0) is 38.8 Å². The quantitative estimate of drug-likeness (QED) is 0.836. The minimum absolute atomic E-state index is 0.172. The summed E-state index contributed by atoms with van der Waals surface area (Å²) in [6.45, 7) is 9.79. The van der Waals surface area contributed by atoms with Gasteiger partial charge in [0, 0.05) is 17.0 Å². The second-order valence-corrected chi connectivity index (χ2v) is 5.22. The van der Waals surface area contributed by atoms with Crippen LogP contribution in [0.1, 0.15) is 38.6 Å². The number of nitrogens with two attached hydrogens (primary N) is 1. The van der Waals surface area contributed by atoms with Crippen LogP contribution < -0.4 is 5.73 Å². The molecule has 0 saturated carbocycles. The molecule has 0 aromatic carbocycles. The van der Waals surface area contributed by atoms with Gasteiger partial charge in [-0.25, -0.2) is 0 Å². The highest BCUT2D eigenvalue weighted by atomic mass is 32.1. The van der Waals surface area contributed by atoms with Crippen LogP contribution in [0.4, 0.5) is 0 Å². The summed E-state index contributed by atoms with van der Waals surface area (Å²) in [6.07, 6.45) is 0.